The van der Waals surface area contributed by atoms with Crippen LogP contribution in [0.15, 0.2) is 47.6 Å². The molecule has 5 nitrogen and oxygen atoms in total. The number of hydrogen-bond donors (Lipinski definition) is 2. The summed E-state index contributed by atoms with van der Waals surface area (Å²) < 4.78 is 26.6. The highest BCUT2D eigenvalue weighted by molar-refractivity contribution is 7.92. The average molecular weight is 299 g/mol. The Balaban J connectivity index is 2.36. The third-order valence-corrected chi connectivity index (χ3v) is 4.01. The zero-order chi connectivity index (χ0) is 13.9. The SMILES string of the molecule is O=S(=O)(Nc1ccc(Cl)cc1CO)c1cccnc1. The van der Waals surface area contributed by atoms with Crippen molar-refractivity contribution in [1.82, 2.24) is 4.98 Å². The summed E-state index contributed by atoms with van der Waals surface area (Å²) in [6.07, 6.45) is 2.73. The number of aliphatic hydroxyl groups excluding tert-OH is 1. The lowest BCUT2D eigenvalue weighted by atomic mass is 10.2. The molecule has 0 radical (unpaired) electrons. The second kappa shape index (κ2) is 5.56. The minimum absolute atomic E-state index is 0.0499. The van der Waals surface area contributed by atoms with E-state index in [1.54, 1.807) is 6.07 Å². The van der Waals surface area contributed by atoms with Crippen molar-refractivity contribution in [2.45, 2.75) is 11.5 Å². The van der Waals surface area contributed by atoms with Gasteiger partial charge in [-0.1, -0.05) is 11.6 Å². The van der Waals surface area contributed by atoms with Gasteiger partial charge in [0.2, 0.25) is 0 Å². The van der Waals surface area contributed by atoms with Crippen LogP contribution in [0, 0.1) is 0 Å². The van der Waals surface area contributed by atoms with Gasteiger partial charge in [-0.05, 0) is 30.3 Å². The van der Waals surface area contributed by atoms with Crippen LogP contribution in [0.3, 0.4) is 0 Å². The lowest BCUT2D eigenvalue weighted by Gasteiger charge is -2.11. The predicted molar refractivity (Wildman–Crippen MR) is 72.4 cm³/mol. The summed E-state index contributed by atoms with van der Waals surface area (Å²) >= 11 is 5.79. The molecule has 100 valence electrons. The van der Waals surface area contributed by atoms with Crippen LogP contribution in [-0.2, 0) is 16.6 Å². The number of pyridine rings is 1. The number of halogens is 1. The number of aromatic nitrogens is 1. The minimum Gasteiger partial charge on any atom is -0.392 e. The van der Waals surface area contributed by atoms with E-state index in [0.717, 1.165) is 0 Å². The van der Waals surface area contributed by atoms with Crippen LogP contribution < -0.4 is 4.72 Å². The van der Waals surface area contributed by atoms with Gasteiger partial charge in [0, 0.05) is 23.0 Å². The minimum atomic E-state index is -3.73. The van der Waals surface area contributed by atoms with Gasteiger partial charge in [-0.3, -0.25) is 9.71 Å². The van der Waals surface area contributed by atoms with Gasteiger partial charge in [0.1, 0.15) is 4.90 Å². The summed E-state index contributed by atoms with van der Waals surface area (Å²) in [5.74, 6) is 0. The van der Waals surface area contributed by atoms with E-state index in [4.69, 9.17) is 11.6 Å². The molecule has 0 bridgehead atoms. The largest absolute Gasteiger partial charge is 0.392 e. The highest BCUT2D eigenvalue weighted by atomic mass is 35.5. The quantitative estimate of drug-likeness (QED) is 0.905. The zero-order valence-corrected chi connectivity index (χ0v) is 11.3. The first-order chi connectivity index (χ1) is 9.03. The van der Waals surface area contributed by atoms with Crippen molar-refractivity contribution in [1.29, 1.82) is 0 Å². The van der Waals surface area contributed by atoms with E-state index >= 15 is 0 Å². The van der Waals surface area contributed by atoms with Gasteiger partial charge in [-0.25, -0.2) is 8.42 Å². The molecular formula is C12H11ClN2O3S. The van der Waals surface area contributed by atoms with Crippen LogP contribution in [0.25, 0.3) is 0 Å². The van der Waals surface area contributed by atoms with Crippen molar-refractivity contribution in [3.05, 3.63) is 53.3 Å². The Labute approximate surface area is 115 Å². The first kappa shape index (κ1) is 13.8. The second-order valence-corrected chi connectivity index (χ2v) is 5.87. The van der Waals surface area contributed by atoms with E-state index in [1.807, 2.05) is 0 Å². The van der Waals surface area contributed by atoms with Crippen molar-refractivity contribution >= 4 is 27.3 Å². The number of nitrogens with zero attached hydrogens (tertiary/aromatic N) is 1. The molecular weight excluding hydrogens is 288 g/mol. The number of hydrogen-bond acceptors (Lipinski definition) is 4. The average Bonchev–Trinajstić information content (AvgIpc) is 2.41. The molecule has 2 N–H and O–H groups in total. The van der Waals surface area contributed by atoms with E-state index in [-0.39, 0.29) is 17.2 Å². The van der Waals surface area contributed by atoms with Crippen molar-refractivity contribution in [2.24, 2.45) is 0 Å². The van der Waals surface area contributed by atoms with Gasteiger partial charge in [0.15, 0.2) is 0 Å². The first-order valence-corrected chi connectivity index (χ1v) is 7.21. The summed E-state index contributed by atoms with van der Waals surface area (Å²) in [5, 5.41) is 9.63. The molecule has 2 rings (SSSR count). The Bertz CT molecular complexity index is 675. The van der Waals surface area contributed by atoms with Crippen LogP contribution in [-0.4, -0.2) is 18.5 Å². The number of rotatable bonds is 4. The zero-order valence-electron chi connectivity index (χ0n) is 9.75. The van der Waals surface area contributed by atoms with Crippen molar-refractivity contribution < 1.29 is 13.5 Å². The highest BCUT2D eigenvalue weighted by Crippen LogP contribution is 2.23. The molecule has 0 aliphatic heterocycles. The maximum absolute atomic E-state index is 12.1. The van der Waals surface area contributed by atoms with Crippen LogP contribution in [0.1, 0.15) is 5.56 Å². The Hall–Kier alpha value is -1.63. The summed E-state index contributed by atoms with van der Waals surface area (Å²) in [4.78, 5) is 3.81. The van der Waals surface area contributed by atoms with Gasteiger partial charge < -0.3 is 5.11 Å². The smallest absolute Gasteiger partial charge is 0.263 e. The van der Waals surface area contributed by atoms with Crippen molar-refractivity contribution in [3.8, 4) is 0 Å². The molecule has 0 atom stereocenters. The van der Waals surface area contributed by atoms with E-state index in [1.165, 1.54) is 36.7 Å². The Morgan fingerprint density at radius 1 is 1.32 bits per heavy atom. The van der Waals surface area contributed by atoms with Crippen molar-refractivity contribution in [3.63, 3.8) is 0 Å². The molecule has 1 heterocycles. The van der Waals surface area contributed by atoms with Crippen LogP contribution in [0.5, 0.6) is 0 Å². The predicted octanol–water partition coefficient (Wildman–Crippen LogP) is 2.03. The maximum Gasteiger partial charge on any atom is 0.263 e. The molecule has 1 aromatic heterocycles. The summed E-state index contributed by atoms with van der Waals surface area (Å²) in [5.41, 5.74) is 0.690. The molecule has 0 amide bonds. The number of aliphatic hydroxyl groups is 1. The normalized spacial score (nSPS) is 11.3. The Morgan fingerprint density at radius 2 is 2.11 bits per heavy atom. The van der Waals surface area contributed by atoms with E-state index in [9.17, 15) is 13.5 Å². The molecule has 0 spiro atoms. The van der Waals surface area contributed by atoms with Crippen LogP contribution >= 0.6 is 11.6 Å². The van der Waals surface area contributed by atoms with Crippen LogP contribution in [0.4, 0.5) is 5.69 Å². The molecule has 7 heteroatoms. The molecule has 0 aliphatic carbocycles. The molecule has 0 unspecified atom stereocenters. The van der Waals surface area contributed by atoms with Crippen molar-refractivity contribution in [2.75, 3.05) is 4.72 Å². The van der Waals surface area contributed by atoms with Gasteiger partial charge in [-0.15, -0.1) is 0 Å². The molecule has 2 aromatic rings. The number of sulfonamides is 1. The Kier molecular flexibility index (Phi) is 4.04. The monoisotopic (exact) mass is 298 g/mol. The van der Waals surface area contributed by atoms with Gasteiger partial charge in [-0.2, -0.15) is 0 Å². The Morgan fingerprint density at radius 3 is 2.74 bits per heavy atom. The first-order valence-electron chi connectivity index (χ1n) is 5.35. The molecule has 0 saturated heterocycles. The van der Waals surface area contributed by atoms with E-state index < -0.39 is 10.0 Å². The molecule has 19 heavy (non-hydrogen) atoms. The van der Waals surface area contributed by atoms with Crippen LogP contribution in [0.2, 0.25) is 5.02 Å². The van der Waals surface area contributed by atoms with Gasteiger partial charge in [0.25, 0.3) is 10.0 Å². The fourth-order valence-corrected chi connectivity index (χ4v) is 2.76. The highest BCUT2D eigenvalue weighted by Gasteiger charge is 2.15. The molecule has 1 aromatic carbocycles. The third-order valence-electron chi connectivity index (χ3n) is 2.43. The maximum atomic E-state index is 12.1. The third kappa shape index (κ3) is 3.23. The number of anilines is 1. The lowest BCUT2D eigenvalue weighted by Crippen LogP contribution is -2.14. The summed E-state index contributed by atoms with van der Waals surface area (Å²) in [6.45, 7) is -0.314. The number of nitrogens with one attached hydrogen (secondary N) is 1. The summed E-state index contributed by atoms with van der Waals surface area (Å²) in [7, 11) is -3.73. The fraction of sp³-hybridized carbons (Fsp3) is 0.0833. The number of benzene rings is 1. The molecule has 0 saturated carbocycles. The molecule has 0 aliphatic rings. The fourth-order valence-electron chi connectivity index (χ4n) is 1.50. The molecule has 0 fully saturated rings. The lowest BCUT2D eigenvalue weighted by molar-refractivity contribution is 0.282. The van der Waals surface area contributed by atoms with Gasteiger partial charge in [0.05, 0.1) is 12.3 Å². The van der Waals surface area contributed by atoms with Gasteiger partial charge >= 0.3 is 0 Å². The van der Waals surface area contributed by atoms with E-state index in [2.05, 4.69) is 9.71 Å². The second-order valence-electron chi connectivity index (χ2n) is 3.75. The summed E-state index contributed by atoms with van der Waals surface area (Å²) in [6, 6.07) is 7.51. The van der Waals surface area contributed by atoms with E-state index in [0.29, 0.717) is 10.6 Å². The topological polar surface area (TPSA) is 79.3 Å². The standard InChI is InChI=1S/C12H11ClN2O3S/c13-10-3-4-12(9(6-10)8-16)15-19(17,18)11-2-1-5-14-7-11/h1-7,15-16H,8H2.